The summed E-state index contributed by atoms with van der Waals surface area (Å²) in [5.41, 5.74) is 0.564. The molecule has 0 saturated heterocycles. The van der Waals surface area contributed by atoms with Gasteiger partial charge in [-0.3, -0.25) is 0 Å². The molecule has 5 heteroatoms. The second-order valence-corrected chi connectivity index (χ2v) is 3.98. The summed E-state index contributed by atoms with van der Waals surface area (Å²) in [5, 5.41) is 0.292. The fraction of sp³-hybridized carbons (Fsp3) is 0.167. The van der Waals surface area contributed by atoms with Gasteiger partial charge >= 0.3 is 0 Å². The van der Waals surface area contributed by atoms with Crippen molar-refractivity contribution in [2.24, 2.45) is 0 Å². The van der Waals surface area contributed by atoms with Gasteiger partial charge in [0.1, 0.15) is 22.5 Å². The molecule has 0 bridgehead atoms. The first-order chi connectivity index (χ1) is 8.04. The molecule has 0 aliphatic rings. The lowest BCUT2D eigenvalue weighted by molar-refractivity contribution is 0.454. The third kappa shape index (κ3) is 2.91. The Balaban J connectivity index is 2.28. The van der Waals surface area contributed by atoms with Gasteiger partial charge in [0.05, 0.1) is 0 Å². The van der Waals surface area contributed by atoms with Crippen LogP contribution in [0.2, 0.25) is 5.15 Å². The van der Waals surface area contributed by atoms with Crippen LogP contribution in [-0.4, -0.2) is 9.97 Å². The van der Waals surface area contributed by atoms with Gasteiger partial charge in [-0.1, -0.05) is 17.7 Å². The monoisotopic (exact) mass is 252 g/mol. The molecule has 1 heterocycles. The van der Waals surface area contributed by atoms with Gasteiger partial charge in [-0.25, -0.2) is 9.37 Å². The Morgan fingerprint density at radius 3 is 2.59 bits per heavy atom. The molecule has 0 radical (unpaired) electrons. The predicted octanol–water partition coefficient (Wildman–Crippen LogP) is 3.68. The van der Waals surface area contributed by atoms with Crippen molar-refractivity contribution in [1.82, 2.24) is 9.97 Å². The van der Waals surface area contributed by atoms with Crippen molar-refractivity contribution in [2.45, 2.75) is 13.8 Å². The van der Waals surface area contributed by atoms with Crippen LogP contribution in [0.15, 0.2) is 24.3 Å². The second-order valence-electron chi connectivity index (χ2n) is 3.59. The molecule has 0 amide bonds. The summed E-state index contributed by atoms with van der Waals surface area (Å²) in [4.78, 5) is 7.95. The number of aryl methyl sites for hydroxylation is 2. The number of hydrogen-bond acceptors (Lipinski definition) is 3. The first-order valence-electron chi connectivity index (χ1n) is 5.00. The van der Waals surface area contributed by atoms with E-state index in [-0.39, 0.29) is 5.82 Å². The Morgan fingerprint density at radius 2 is 1.94 bits per heavy atom. The third-order valence-electron chi connectivity index (χ3n) is 2.15. The topological polar surface area (TPSA) is 35.0 Å². The molecule has 3 nitrogen and oxygen atoms in total. The highest BCUT2D eigenvalue weighted by atomic mass is 35.5. The molecule has 88 valence electrons. The molecule has 1 aromatic carbocycles. The van der Waals surface area contributed by atoms with Crippen LogP contribution in [0.25, 0.3) is 0 Å². The van der Waals surface area contributed by atoms with Crippen molar-refractivity contribution in [3.63, 3.8) is 0 Å². The van der Waals surface area contributed by atoms with Gasteiger partial charge in [0.15, 0.2) is 0 Å². The highest BCUT2D eigenvalue weighted by molar-refractivity contribution is 6.29. The Labute approximate surface area is 103 Å². The van der Waals surface area contributed by atoms with Gasteiger partial charge in [-0.05, 0) is 25.5 Å². The molecule has 0 aliphatic heterocycles. The van der Waals surface area contributed by atoms with Crippen LogP contribution in [0.3, 0.4) is 0 Å². The molecule has 2 aromatic rings. The van der Waals surface area contributed by atoms with Crippen LogP contribution < -0.4 is 4.74 Å². The maximum atomic E-state index is 13.3. The fourth-order valence-corrected chi connectivity index (χ4v) is 1.53. The largest absolute Gasteiger partial charge is 0.439 e. The minimum Gasteiger partial charge on any atom is -0.439 e. The summed E-state index contributed by atoms with van der Waals surface area (Å²) in [6.45, 7) is 3.39. The number of aromatic nitrogens is 2. The summed E-state index contributed by atoms with van der Waals surface area (Å²) in [7, 11) is 0. The Bertz CT molecular complexity index is 540. The summed E-state index contributed by atoms with van der Waals surface area (Å²) >= 11 is 5.77. The highest BCUT2D eigenvalue weighted by Gasteiger charge is 2.05. The van der Waals surface area contributed by atoms with Crippen LogP contribution in [0.4, 0.5) is 4.39 Å². The van der Waals surface area contributed by atoms with Gasteiger partial charge in [-0.15, -0.1) is 0 Å². The van der Waals surface area contributed by atoms with Gasteiger partial charge < -0.3 is 4.74 Å². The zero-order valence-electron chi connectivity index (χ0n) is 9.37. The van der Waals surface area contributed by atoms with E-state index in [2.05, 4.69) is 9.97 Å². The van der Waals surface area contributed by atoms with E-state index >= 15 is 0 Å². The normalized spacial score (nSPS) is 10.4. The van der Waals surface area contributed by atoms with E-state index in [9.17, 15) is 4.39 Å². The number of halogens is 2. The molecule has 0 saturated carbocycles. The van der Waals surface area contributed by atoms with E-state index in [1.165, 1.54) is 12.1 Å². The first kappa shape index (κ1) is 11.8. The number of benzene rings is 1. The number of rotatable bonds is 2. The molecule has 17 heavy (non-hydrogen) atoms. The second kappa shape index (κ2) is 4.67. The van der Waals surface area contributed by atoms with Gasteiger partial charge in [0, 0.05) is 12.1 Å². The lowest BCUT2D eigenvalue weighted by atomic mass is 10.2. The van der Waals surface area contributed by atoms with E-state index < -0.39 is 0 Å². The molecule has 0 fully saturated rings. The highest BCUT2D eigenvalue weighted by Crippen LogP contribution is 2.23. The number of hydrogen-bond donors (Lipinski definition) is 0. The van der Waals surface area contributed by atoms with Crippen molar-refractivity contribution in [3.05, 3.63) is 46.6 Å². The van der Waals surface area contributed by atoms with Crippen LogP contribution in [-0.2, 0) is 0 Å². The average Bonchev–Trinajstić information content (AvgIpc) is 2.22. The molecule has 0 aliphatic carbocycles. The summed E-state index contributed by atoms with van der Waals surface area (Å²) in [6.07, 6.45) is 0. The van der Waals surface area contributed by atoms with E-state index in [0.29, 0.717) is 28.2 Å². The average molecular weight is 253 g/mol. The van der Waals surface area contributed by atoms with E-state index in [4.69, 9.17) is 16.3 Å². The lowest BCUT2D eigenvalue weighted by Crippen LogP contribution is -1.94. The zero-order valence-corrected chi connectivity index (χ0v) is 10.1. The van der Waals surface area contributed by atoms with Crippen molar-refractivity contribution < 1.29 is 9.13 Å². The van der Waals surface area contributed by atoms with Gasteiger partial charge in [0.25, 0.3) is 0 Å². The number of nitrogens with zero attached hydrogens (tertiary/aromatic N) is 2. The molecule has 0 unspecified atom stereocenters. The van der Waals surface area contributed by atoms with Gasteiger partial charge in [-0.2, -0.15) is 4.98 Å². The molecular weight excluding hydrogens is 243 g/mol. The lowest BCUT2D eigenvalue weighted by Gasteiger charge is -2.06. The standard InChI is InChI=1S/C12H10ClFN2O/c1-7-3-4-9(5-10(7)14)17-12-6-11(13)15-8(2)16-12/h3-6H,1-2H3. The summed E-state index contributed by atoms with van der Waals surface area (Å²) in [6, 6.07) is 6.09. The fourth-order valence-electron chi connectivity index (χ4n) is 1.32. The molecule has 0 N–H and O–H groups in total. The van der Waals surface area contributed by atoms with Crippen LogP contribution in [0, 0.1) is 19.7 Å². The van der Waals surface area contributed by atoms with E-state index in [0.717, 1.165) is 0 Å². The van der Waals surface area contributed by atoms with Crippen LogP contribution in [0.1, 0.15) is 11.4 Å². The predicted molar refractivity (Wildman–Crippen MR) is 63.0 cm³/mol. The number of ether oxygens (including phenoxy) is 1. The Hall–Kier alpha value is -1.68. The maximum Gasteiger partial charge on any atom is 0.224 e. The van der Waals surface area contributed by atoms with Crippen molar-refractivity contribution in [2.75, 3.05) is 0 Å². The van der Waals surface area contributed by atoms with E-state index in [1.54, 1.807) is 26.0 Å². The maximum absolute atomic E-state index is 13.3. The minimum atomic E-state index is -0.320. The zero-order chi connectivity index (χ0) is 12.4. The summed E-state index contributed by atoms with van der Waals surface area (Å²) < 4.78 is 18.7. The van der Waals surface area contributed by atoms with Crippen molar-refractivity contribution in [1.29, 1.82) is 0 Å². The SMILES string of the molecule is Cc1nc(Cl)cc(Oc2ccc(C)c(F)c2)n1. The first-order valence-corrected chi connectivity index (χ1v) is 5.37. The van der Waals surface area contributed by atoms with Gasteiger partial charge in [0.2, 0.25) is 5.88 Å². The molecule has 0 spiro atoms. The molecule has 1 aromatic heterocycles. The Morgan fingerprint density at radius 1 is 1.18 bits per heavy atom. The minimum absolute atomic E-state index is 0.292. The Kier molecular flexibility index (Phi) is 3.24. The molecule has 0 atom stereocenters. The summed E-state index contributed by atoms with van der Waals surface area (Å²) in [5.74, 6) is 0.854. The third-order valence-corrected chi connectivity index (χ3v) is 2.34. The van der Waals surface area contributed by atoms with E-state index in [1.807, 2.05) is 0 Å². The van der Waals surface area contributed by atoms with Crippen molar-refractivity contribution >= 4 is 11.6 Å². The molecular formula is C12H10ClFN2O. The van der Waals surface area contributed by atoms with Crippen molar-refractivity contribution in [3.8, 4) is 11.6 Å². The molecule has 2 rings (SSSR count). The van der Waals surface area contributed by atoms with Crippen LogP contribution >= 0.6 is 11.6 Å². The van der Waals surface area contributed by atoms with Crippen LogP contribution in [0.5, 0.6) is 11.6 Å². The smallest absolute Gasteiger partial charge is 0.224 e. The quantitative estimate of drug-likeness (QED) is 0.765.